The molecule has 0 fully saturated rings. The maximum atomic E-state index is 12.4. The third-order valence-electron chi connectivity index (χ3n) is 4.52. The third kappa shape index (κ3) is 5.84. The summed E-state index contributed by atoms with van der Waals surface area (Å²) in [6.07, 6.45) is 0. The molecule has 2 amide bonds. The standard InChI is InChI=1S/C23H30N2O3/c1-6-28-20-10-8-7-9-18(20)16-25(5)21(26)15-24-22(27)17-11-13-19(14-12-17)23(2,3)4/h7-14H,6,15-16H2,1-5H3,(H,24,27). The van der Waals surface area contributed by atoms with Gasteiger partial charge in [0.05, 0.1) is 13.2 Å². The summed E-state index contributed by atoms with van der Waals surface area (Å²) < 4.78 is 5.60. The van der Waals surface area contributed by atoms with Gasteiger partial charge in [-0.3, -0.25) is 9.59 Å². The van der Waals surface area contributed by atoms with Gasteiger partial charge in [-0.25, -0.2) is 0 Å². The lowest BCUT2D eigenvalue weighted by atomic mass is 9.87. The molecule has 150 valence electrons. The average molecular weight is 383 g/mol. The quantitative estimate of drug-likeness (QED) is 0.793. The highest BCUT2D eigenvalue weighted by molar-refractivity contribution is 5.96. The normalized spacial score (nSPS) is 11.0. The Morgan fingerprint density at radius 2 is 1.68 bits per heavy atom. The van der Waals surface area contributed by atoms with E-state index >= 15 is 0 Å². The van der Waals surface area contributed by atoms with Crippen LogP contribution in [0, 0.1) is 0 Å². The molecule has 0 aliphatic rings. The Balaban J connectivity index is 1.91. The number of carbonyl (C=O) groups is 2. The predicted octanol–water partition coefficient (Wildman–Crippen LogP) is 3.77. The number of likely N-dealkylation sites (N-methyl/N-ethyl adjacent to an activating group) is 1. The highest BCUT2D eigenvalue weighted by atomic mass is 16.5. The van der Waals surface area contributed by atoms with Crippen molar-refractivity contribution in [3.8, 4) is 5.75 Å². The summed E-state index contributed by atoms with van der Waals surface area (Å²) in [4.78, 5) is 26.3. The smallest absolute Gasteiger partial charge is 0.251 e. The van der Waals surface area contributed by atoms with E-state index in [9.17, 15) is 9.59 Å². The lowest BCUT2D eigenvalue weighted by Crippen LogP contribution is -2.37. The van der Waals surface area contributed by atoms with E-state index in [0.29, 0.717) is 18.7 Å². The number of carbonyl (C=O) groups excluding carboxylic acids is 2. The van der Waals surface area contributed by atoms with Crippen molar-refractivity contribution in [2.24, 2.45) is 0 Å². The van der Waals surface area contributed by atoms with Gasteiger partial charge in [-0.15, -0.1) is 0 Å². The maximum absolute atomic E-state index is 12.4. The zero-order valence-electron chi connectivity index (χ0n) is 17.4. The van der Waals surface area contributed by atoms with E-state index in [1.807, 2.05) is 43.3 Å². The van der Waals surface area contributed by atoms with Crippen molar-refractivity contribution in [2.45, 2.75) is 39.7 Å². The second kappa shape index (κ2) is 9.40. The van der Waals surface area contributed by atoms with Gasteiger partial charge in [0, 0.05) is 24.7 Å². The van der Waals surface area contributed by atoms with Gasteiger partial charge >= 0.3 is 0 Å². The molecule has 0 spiro atoms. The summed E-state index contributed by atoms with van der Waals surface area (Å²) in [5.74, 6) is 0.357. The summed E-state index contributed by atoms with van der Waals surface area (Å²) in [5.41, 5.74) is 2.67. The number of para-hydroxylation sites is 1. The summed E-state index contributed by atoms with van der Waals surface area (Å²) in [6.45, 7) is 9.24. The Bertz CT molecular complexity index is 807. The minimum absolute atomic E-state index is 0.0332. The second-order valence-corrected chi connectivity index (χ2v) is 7.80. The zero-order valence-corrected chi connectivity index (χ0v) is 17.4. The van der Waals surface area contributed by atoms with Crippen LogP contribution in [-0.2, 0) is 16.8 Å². The van der Waals surface area contributed by atoms with Gasteiger partial charge in [0.1, 0.15) is 5.75 Å². The Labute approximate surface area is 167 Å². The van der Waals surface area contributed by atoms with Gasteiger partial charge in [-0.1, -0.05) is 51.1 Å². The molecule has 0 bridgehead atoms. The third-order valence-corrected chi connectivity index (χ3v) is 4.52. The first-order valence-electron chi connectivity index (χ1n) is 9.55. The highest BCUT2D eigenvalue weighted by Gasteiger charge is 2.16. The predicted molar refractivity (Wildman–Crippen MR) is 112 cm³/mol. The molecule has 0 saturated heterocycles. The van der Waals surface area contributed by atoms with Crippen molar-refractivity contribution in [1.29, 1.82) is 0 Å². The number of nitrogens with one attached hydrogen (secondary N) is 1. The second-order valence-electron chi connectivity index (χ2n) is 7.80. The fraction of sp³-hybridized carbons (Fsp3) is 0.391. The number of benzene rings is 2. The fourth-order valence-corrected chi connectivity index (χ4v) is 2.79. The number of amides is 2. The van der Waals surface area contributed by atoms with E-state index in [4.69, 9.17) is 4.74 Å². The lowest BCUT2D eigenvalue weighted by Gasteiger charge is -2.20. The SMILES string of the molecule is CCOc1ccccc1CN(C)C(=O)CNC(=O)c1ccc(C(C)(C)C)cc1. The van der Waals surface area contributed by atoms with Crippen molar-refractivity contribution in [3.05, 3.63) is 65.2 Å². The van der Waals surface area contributed by atoms with E-state index in [-0.39, 0.29) is 23.8 Å². The molecule has 0 saturated carbocycles. The van der Waals surface area contributed by atoms with Crippen molar-refractivity contribution in [3.63, 3.8) is 0 Å². The Morgan fingerprint density at radius 3 is 2.29 bits per heavy atom. The molecule has 0 atom stereocenters. The Kier molecular flexibility index (Phi) is 7.21. The molecular weight excluding hydrogens is 352 g/mol. The molecular formula is C23H30N2O3. The van der Waals surface area contributed by atoms with E-state index in [0.717, 1.165) is 16.9 Å². The van der Waals surface area contributed by atoms with Crippen LogP contribution >= 0.6 is 0 Å². The van der Waals surface area contributed by atoms with Gasteiger partial charge in [0.2, 0.25) is 5.91 Å². The van der Waals surface area contributed by atoms with E-state index in [1.165, 1.54) is 0 Å². The van der Waals surface area contributed by atoms with E-state index in [2.05, 4.69) is 26.1 Å². The fourth-order valence-electron chi connectivity index (χ4n) is 2.79. The van der Waals surface area contributed by atoms with Crippen LogP contribution in [0.5, 0.6) is 5.75 Å². The van der Waals surface area contributed by atoms with Crippen LogP contribution in [0.1, 0.15) is 49.2 Å². The van der Waals surface area contributed by atoms with E-state index in [1.54, 1.807) is 24.1 Å². The molecule has 5 heteroatoms. The van der Waals surface area contributed by atoms with Crippen molar-refractivity contribution >= 4 is 11.8 Å². The molecule has 0 heterocycles. The molecule has 5 nitrogen and oxygen atoms in total. The molecule has 0 aliphatic carbocycles. The maximum Gasteiger partial charge on any atom is 0.251 e. The molecule has 2 rings (SSSR count). The van der Waals surface area contributed by atoms with Crippen molar-refractivity contribution in [2.75, 3.05) is 20.2 Å². The number of hydrogen-bond donors (Lipinski definition) is 1. The molecule has 0 aliphatic heterocycles. The lowest BCUT2D eigenvalue weighted by molar-refractivity contribution is -0.129. The largest absolute Gasteiger partial charge is 0.494 e. The van der Waals surface area contributed by atoms with Gasteiger partial charge in [-0.05, 0) is 36.1 Å². The van der Waals surface area contributed by atoms with E-state index < -0.39 is 0 Å². The molecule has 28 heavy (non-hydrogen) atoms. The minimum Gasteiger partial charge on any atom is -0.494 e. The van der Waals surface area contributed by atoms with Crippen LogP contribution in [0.3, 0.4) is 0 Å². The molecule has 0 aromatic heterocycles. The molecule has 0 radical (unpaired) electrons. The first-order valence-corrected chi connectivity index (χ1v) is 9.55. The Morgan fingerprint density at radius 1 is 1.04 bits per heavy atom. The number of ether oxygens (including phenoxy) is 1. The van der Waals surface area contributed by atoms with Gasteiger partial charge in [-0.2, -0.15) is 0 Å². The van der Waals surface area contributed by atoms with Gasteiger partial charge < -0.3 is 15.0 Å². The van der Waals surface area contributed by atoms with Crippen LogP contribution in [0.2, 0.25) is 0 Å². The van der Waals surface area contributed by atoms with Crippen LogP contribution in [0.15, 0.2) is 48.5 Å². The Hall–Kier alpha value is -2.82. The minimum atomic E-state index is -0.253. The number of hydrogen-bond acceptors (Lipinski definition) is 3. The molecule has 2 aromatic rings. The zero-order chi connectivity index (χ0) is 20.7. The molecule has 2 aromatic carbocycles. The number of nitrogens with zero attached hydrogens (tertiary/aromatic N) is 1. The topological polar surface area (TPSA) is 58.6 Å². The monoisotopic (exact) mass is 382 g/mol. The highest BCUT2D eigenvalue weighted by Crippen LogP contribution is 2.22. The van der Waals surface area contributed by atoms with Gasteiger partial charge in [0.25, 0.3) is 5.91 Å². The van der Waals surface area contributed by atoms with Gasteiger partial charge in [0.15, 0.2) is 0 Å². The van der Waals surface area contributed by atoms with Crippen LogP contribution in [0.4, 0.5) is 0 Å². The van der Waals surface area contributed by atoms with Crippen LogP contribution in [-0.4, -0.2) is 36.9 Å². The van der Waals surface area contributed by atoms with Crippen molar-refractivity contribution < 1.29 is 14.3 Å². The molecule has 0 unspecified atom stereocenters. The summed E-state index contributed by atoms with van der Waals surface area (Å²) in [6, 6.07) is 15.1. The van der Waals surface area contributed by atoms with Crippen molar-refractivity contribution in [1.82, 2.24) is 10.2 Å². The molecule has 1 N–H and O–H groups in total. The first kappa shape index (κ1) is 21.5. The summed E-state index contributed by atoms with van der Waals surface area (Å²) in [7, 11) is 1.72. The average Bonchev–Trinajstić information content (AvgIpc) is 2.67. The first-order chi connectivity index (χ1) is 13.2. The van der Waals surface area contributed by atoms with Crippen LogP contribution < -0.4 is 10.1 Å². The summed E-state index contributed by atoms with van der Waals surface area (Å²) >= 11 is 0. The number of rotatable bonds is 7. The van der Waals surface area contributed by atoms with Crippen LogP contribution in [0.25, 0.3) is 0 Å². The summed E-state index contributed by atoms with van der Waals surface area (Å²) in [5, 5.41) is 2.70.